The second-order valence-electron chi connectivity index (χ2n) is 10.5. The molecule has 0 aliphatic carbocycles. The van der Waals surface area contributed by atoms with Crippen LogP contribution in [-0.2, 0) is 9.59 Å². The zero-order chi connectivity index (χ0) is 26.1. The van der Waals surface area contributed by atoms with E-state index in [4.69, 9.17) is 0 Å². The van der Waals surface area contributed by atoms with E-state index < -0.39 is 0 Å². The fraction of sp³-hybridized carbons (Fsp3) is 0.625. The van der Waals surface area contributed by atoms with Crippen LogP contribution in [0, 0.1) is 0 Å². The van der Waals surface area contributed by atoms with E-state index in [-0.39, 0.29) is 11.7 Å². The van der Waals surface area contributed by atoms with Gasteiger partial charge in [0.25, 0.3) is 0 Å². The Balaban J connectivity index is 2.23. The minimum atomic E-state index is 0.225. The molecule has 0 bridgehead atoms. The van der Waals surface area contributed by atoms with Crippen LogP contribution in [0.5, 0.6) is 0 Å². The van der Waals surface area contributed by atoms with E-state index in [1.54, 1.807) is 6.92 Å². The van der Waals surface area contributed by atoms with Gasteiger partial charge >= 0.3 is 0 Å². The molecule has 3 heteroatoms. The lowest BCUT2D eigenvalue weighted by Gasteiger charge is -2.15. The van der Waals surface area contributed by atoms with Crippen molar-refractivity contribution in [2.75, 3.05) is 13.1 Å². The first-order valence-electron chi connectivity index (χ1n) is 13.8. The zero-order valence-corrected chi connectivity index (χ0v) is 23.5. The molecule has 0 unspecified atom stereocenters. The van der Waals surface area contributed by atoms with E-state index in [9.17, 15) is 9.59 Å². The molecule has 0 atom stereocenters. The van der Waals surface area contributed by atoms with Gasteiger partial charge in [-0.1, -0.05) is 52.7 Å². The molecule has 1 aliphatic rings. The van der Waals surface area contributed by atoms with Crippen LogP contribution in [0.1, 0.15) is 119 Å². The average molecular weight is 482 g/mol. The van der Waals surface area contributed by atoms with Crippen LogP contribution in [0.2, 0.25) is 0 Å². The number of Topliss-reactive ketones (excluding diaryl/α,β-unsaturated/α-hetero) is 1. The van der Waals surface area contributed by atoms with Gasteiger partial charge in [0.15, 0.2) is 0 Å². The number of amides is 1. The predicted octanol–water partition coefficient (Wildman–Crippen LogP) is 8.83. The molecule has 1 fully saturated rings. The van der Waals surface area contributed by atoms with E-state index in [0.717, 1.165) is 89.3 Å². The Morgan fingerprint density at radius 3 is 1.26 bits per heavy atom. The van der Waals surface area contributed by atoms with Crippen LogP contribution < -0.4 is 0 Å². The molecule has 0 aromatic rings. The zero-order valence-electron chi connectivity index (χ0n) is 23.5. The Bertz CT molecular complexity index is 817. The summed E-state index contributed by atoms with van der Waals surface area (Å²) in [5, 5.41) is 0. The van der Waals surface area contributed by atoms with Crippen LogP contribution in [0.3, 0.4) is 0 Å². The van der Waals surface area contributed by atoms with Crippen molar-refractivity contribution in [1.82, 2.24) is 4.90 Å². The Kier molecular flexibility index (Phi) is 16.0. The second kappa shape index (κ2) is 18.2. The molecule has 1 rings (SSSR count). The second-order valence-corrected chi connectivity index (χ2v) is 10.5. The Morgan fingerprint density at radius 2 is 0.886 bits per heavy atom. The number of likely N-dealkylation sites (tertiary alicyclic amines) is 1. The fourth-order valence-corrected chi connectivity index (χ4v) is 4.34. The lowest BCUT2D eigenvalue weighted by atomic mass is 10.0. The standard InChI is InChI=1S/C32H51NO2/c1-26(14-9-15-27(2)17-11-19-29(4)21-13-23-31(6)34)16-10-18-28(3)20-12-22-30(5)32(35)33-24-7-8-25-33/h14,17-18,21-22H,7-13,15-16,19-20,23-25H2,1-6H3/b26-14+,27-17+,28-18+,29-21+,30-22+. The summed E-state index contributed by atoms with van der Waals surface area (Å²) in [7, 11) is 0. The smallest absolute Gasteiger partial charge is 0.249 e. The third-order valence-corrected chi connectivity index (χ3v) is 6.80. The lowest BCUT2D eigenvalue weighted by Crippen LogP contribution is -2.28. The van der Waals surface area contributed by atoms with Gasteiger partial charge in [-0.3, -0.25) is 4.79 Å². The predicted molar refractivity (Wildman–Crippen MR) is 151 cm³/mol. The Labute approximate surface area is 216 Å². The fourth-order valence-electron chi connectivity index (χ4n) is 4.34. The summed E-state index contributed by atoms with van der Waals surface area (Å²) in [5.41, 5.74) is 6.64. The van der Waals surface area contributed by atoms with Crippen LogP contribution >= 0.6 is 0 Å². The van der Waals surface area contributed by atoms with E-state index in [0.29, 0.717) is 6.42 Å². The molecule has 3 nitrogen and oxygen atoms in total. The Hall–Kier alpha value is -2.16. The van der Waals surface area contributed by atoms with Crippen molar-refractivity contribution in [2.45, 2.75) is 119 Å². The van der Waals surface area contributed by atoms with E-state index in [1.807, 2.05) is 11.8 Å². The van der Waals surface area contributed by atoms with Gasteiger partial charge in [0.1, 0.15) is 5.78 Å². The number of carbonyl (C=O) groups excluding carboxylic acids is 2. The molecule has 1 heterocycles. The molecule has 1 saturated heterocycles. The molecule has 0 spiro atoms. The molecule has 0 aromatic heterocycles. The summed E-state index contributed by atoms with van der Waals surface area (Å²) in [6.07, 6.45) is 23.9. The summed E-state index contributed by atoms with van der Waals surface area (Å²) < 4.78 is 0. The summed E-state index contributed by atoms with van der Waals surface area (Å²) in [6, 6.07) is 0. The van der Waals surface area contributed by atoms with Crippen molar-refractivity contribution in [3.05, 3.63) is 58.2 Å². The minimum absolute atomic E-state index is 0.225. The summed E-state index contributed by atoms with van der Waals surface area (Å²) in [6.45, 7) is 14.3. The maximum absolute atomic E-state index is 12.4. The molecule has 0 radical (unpaired) electrons. The van der Waals surface area contributed by atoms with Gasteiger partial charge in [-0.25, -0.2) is 0 Å². The number of hydrogen-bond acceptors (Lipinski definition) is 2. The highest BCUT2D eigenvalue weighted by Crippen LogP contribution is 2.16. The third-order valence-electron chi connectivity index (χ3n) is 6.80. The molecular formula is C32H51NO2. The SMILES string of the molecule is CC(=O)CC/C=C(\C)CC/C=C(\C)CC/C=C(\C)CC/C=C(\C)CC/C=C(\C)C(=O)N1CCCC1. The lowest BCUT2D eigenvalue weighted by molar-refractivity contribution is -0.126. The van der Waals surface area contributed by atoms with Crippen molar-refractivity contribution < 1.29 is 9.59 Å². The van der Waals surface area contributed by atoms with Crippen LogP contribution in [0.15, 0.2) is 58.2 Å². The molecular weight excluding hydrogens is 430 g/mol. The topological polar surface area (TPSA) is 37.4 Å². The monoisotopic (exact) mass is 481 g/mol. The molecule has 0 aromatic carbocycles. The molecule has 1 amide bonds. The number of ketones is 1. The van der Waals surface area contributed by atoms with Gasteiger partial charge in [0, 0.05) is 25.1 Å². The number of nitrogens with zero attached hydrogens (tertiary/aromatic N) is 1. The molecule has 196 valence electrons. The van der Waals surface area contributed by atoms with Gasteiger partial charge in [0.2, 0.25) is 5.91 Å². The molecule has 0 N–H and O–H groups in total. The minimum Gasteiger partial charge on any atom is -0.339 e. The summed E-state index contributed by atoms with van der Waals surface area (Å²) >= 11 is 0. The first-order valence-corrected chi connectivity index (χ1v) is 13.8. The van der Waals surface area contributed by atoms with Crippen molar-refractivity contribution in [3.8, 4) is 0 Å². The molecule has 1 aliphatic heterocycles. The number of carbonyl (C=O) groups is 2. The van der Waals surface area contributed by atoms with Crippen molar-refractivity contribution in [1.29, 1.82) is 0 Å². The van der Waals surface area contributed by atoms with Crippen LogP contribution in [0.4, 0.5) is 0 Å². The van der Waals surface area contributed by atoms with Crippen LogP contribution in [-0.4, -0.2) is 29.7 Å². The normalized spacial score (nSPS) is 16.3. The number of hydrogen-bond donors (Lipinski definition) is 0. The van der Waals surface area contributed by atoms with Crippen LogP contribution in [0.25, 0.3) is 0 Å². The summed E-state index contributed by atoms with van der Waals surface area (Å²) in [4.78, 5) is 25.4. The first-order chi connectivity index (χ1) is 16.7. The van der Waals surface area contributed by atoms with Gasteiger partial charge < -0.3 is 9.69 Å². The maximum Gasteiger partial charge on any atom is 0.249 e. The molecule has 0 saturated carbocycles. The van der Waals surface area contributed by atoms with Crippen molar-refractivity contribution in [3.63, 3.8) is 0 Å². The third kappa shape index (κ3) is 15.4. The molecule has 35 heavy (non-hydrogen) atoms. The average Bonchev–Trinajstić information content (AvgIpc) is 3.33. The quantitative estimate of drug-likeness (QED) is 0.163. The Morgan fingerprint density at radius 1 is 0.543 bits per heavy atom. The highest BCUT2D eigenvalue weighted by atomic mass is 16.2. The van der Waals surface area contributed by atoms with E-state index in [1.165, 1.54) is 22.3 Å². The van der Waals surface area contributed by atoms with Gasteiger partial charge in [0.05, 0.1) is 0 Å². The number of rotatable bonds is 16. The summed E-state index contributed by atoms with van der Waals surface area (Å²) in [5.74, 6) is 0.493. The van der Waals surface area contributed by atoms with Gasteiger partial charge in [-0.2, -0.15) is 0 Å². The van der Waals surface area contributed by atoms with Gasteiger partial charge in [-0.15, -0.1) is 0 Å². The largest absolute Gasteiger partial charge is 0.339 e. The van der Waals surface area contributed by atoms with Gasteiger partial charge in [-0.05, 0) is 112 Å². The van der Waals surface area contributed by atoms with E-state index in [2.05, 4.69) is 58.1 Å². The van der Waals surface area contributed by atoms with Crippen molar-refractivity contribution in [2.24, 2.45) is 0 Å². The van der Waals surface area contributed by atoms with E-state index >= 15 is 0 Å². The van der Waals surface area contributed by atoms with Crippen molar-refractivity contribution >= 4 is 11.7 Å². The first kappa shape index (κ1) is 30.9. The highest BCUT2D eigenvalue weighted by Gasteiger charge is 2.18. The number of allylic oxidation sites excluding steroid dienone is 9. The maximum atomic E-state index is 12.4. The highest BCUT2D eigenvalue weighted by molar-refractivity contribution is 5.92.